The minimum atomic E-state index is -0.328. The van der Waals surface area contributed by atoms with Crippen LogP contribution in [0.25, 0.3) is 0 Å². The molecule has 2 N–H and O–H groups in total. The van der Waals surface area contributed by atoms with Crippen LogP contribution in [-0.4, -0.2) is 34.9 Å². The number of anilines is 1. The van der Waals surface area contributed by atoms with E-state index < -0.39 is 0 Å². The predicted octanol–water partition coefficient (Wildman–Crippen LogP) is 2.09. The van der Waals surface area contributed by atoms with Crippen molar-refractivity contribution in [2.75, 3.05) is 18.4 Å². The van der Waals surface area contributed by atoms with Crippen molar-refractivity contribution < 1.29 is 4.79 Å². The van der Waals surface area contributed by atoms with Crippen molar-refractivity contribution in [1.29, 1.82) is 0 Å². The largest absolute Gasteiger partial charge is 0.381 e. The first-order valence-electron chi connectivity index (χ1n) is 7.52. The Kier molecular flexibility index (Phi) is 4.23. The molecule has 0 spiro atoms. The molecule has 0 bridgehead atoms. The highest BCUT2D eigenvalue weighted by Gasteiger charge is 2.25. The average Bonchev–Trinajstić information content (AvgIpc) is 2.56. The number of nitrogens with one attached hydrogen (secondary N) is 2. The maximum Gasteiger partial charge on any atom is 0.260 e. The van der Waals surface area contributed by atoms with E-state index in [9.17, 15) is 9.59 Å². The topological polar surface area (TPSA) is 65.2 Å². The summed E-state index contributed by atoms with van der Waals surface area (Å²) in [6.45, 7) is 1.31. The second-order valence-corrected chi connectivity index (χ2v) is 5.51. The molecule has 2 heterocycles. The van der Waals surface area contributed by atoms with E-state index in [0.717, 1.165) is 18.5 Å². The third-order valence-corrected chi connectivity index (χ3v) is 3.90. The minimum absolute atomic E-state index is 0.193. The molecular weight excluding hydrogens is 278 g/mol. The summed E-state index contributed by atoms with van der Waals surface area (Å²) >= 11 is 0. The molecule has 2 aromatic rings. The molecule has 0 radical (unpaired) electrons. The molecule has 1 atom stereocenters. The van der Waals surface area contributed by atoms with Crippen molar-refractivity contribution in [3.05, 3.63) is 64.6 Å². The Morgan fingerprint density at radius 1 is 1.18 bits per heavy atom. The number of carbonyl (C=O) groups excluding carboxylic acids is 1. The van der Waals surface area contributed by atoms with Gasteiger partial charge >= 0.3 is 0 Å². The predicted molar refractivity (Wildman–Crippen MR) is 86.1 cm³/mol. The lowest BCUT2D eigenvalue weighted by molar-refractivity contribution is 0.0713. The van der Waals surface area contributed by atoms with Gasteiger partial charge in [-0.2, -0.15) is 0 Å². The average molecular weight is 297 g/mol. The monoisotopic (exact) mass is 297 g/mol. The fourth-order valence-electron chi connectivity index (χ4n) is 2.81. The summed E-state index contributed by atoms with van der Waals surface area (Å²) in [4.78, 5) is 28.6. The third kappa shape index (κ3) is 3.19. The maximum absolute atomic E-state index is 12.5. The summed E-state index contributed by atoms with van der Waals surface area (Å²) in [6.07, 6.45) is 3.49. The van der Waals surface area contributed by atoms with Gasteiger partial charge in [0.1, 0.15) is 5.56 Å². The molecule has 1 aliphatic heterocycles. The van der Waals surface area contributed by atoms with Crippen molar-refractivity contribution in [3.63, 3.8) is 0 Å². The molecule has 0 saturated carbocycles. The van der Waals surface area contributed by atoms with E-state index in [1.807, 2.05) is 30.3 Å². The summed E-state index contributed by atoms with van der Waals surface area (Å²) in [5.74, 6) is -0.193. The zero-order chi connectivity index (χ0) is 15.4. The van der Waals surface area contributed by atoms with Crippen LogP contribution in [-0.2, 0) is 0 Å². The van der Waals surface area contributed by atoms with Crippen molar-refractivity contribution in [1.82, 2.24) is 9.88 Å². The molecule has 22 heavy (non-hydrogen) atoms. The number of aromatic amines is 1. The van der Waals surface area contributed by atoms with Gasteiger partial charge in [-0.15, -0.1) is 0 Å². The number of H-pyrrole nitrogens is 1. The molecule has 1 aromatic heterocycles. The summed E-state index contributed by atoms with van der Waals surface area (Å²) in [5, 5.41) is 3.45. The first-order chi connectivity index (χ1) is 10.7. The number of nitrogens with zero attached hydrogens (tertiary/aromatic N) is 1. The van der Waals surface area contributed by atoms with Gasteiger partial charge in [0, 0.05) is 31.0 Å². The van der Waals surface area contributed by atoms with Gasteiger partial charge in [0.25, 0.3) is 11.5 Å². The second-order valence-electron chi connectivity index (χ2n) is 5.51. The Morgan fingerprint density at radius 3 is 2.77 bits per heavy atom. The Balaban J connectivity index is 1.69. The smallest absolute Gasteiger partial charge is 0.260 e. The number of pyridine rings is 1. The molecule has 5 heteroatoms. The van der Waals surface area contributed by atoms with Gasteiger partial charge in [0.05, 0.1) is 0 Å². The van der Waals surface area contributed by atoms with Crippen LogP contribution >= 0.6 is 0 Å². The van der Waals surface area contributed by atoms with Gasteiger partial charge in [-0.3, -0.25) is 9.59 Å². The first kappa shape index (κ1) is 14.4. The molecule has 114 valence electrons. The maximum atomic E-state index is 12.5. The Morgan fingerprint density at radius 2 is 2.00 bits per heavy atom. The molecule has 0 aliphatic carbocycles. The van der Waals surface area contributed by atoms with Gasteiger partial charge in [-0.05, 0) is 37.1 Å². The molecule has 5 nitrogen and oxygen atoms in total. The van der Waals surface area contributed by atoms with E-state index in [4.69, 9.17) is 0 Å². The van der Waals surface area contributed by atoms with Crippen LogP contribution in [0.2, 0.25) is 0 Å². The lowest BCUT2D eigenvalue weighted by Gasteiger charge is -2.33. The summed E-state index contributed by atoms with van der Waals surface area (Å²) < 4.78 is 0. The van der Waals surface area contributed by atoms with E-state index in [2.05, 4.69) is 10.3 Å². The summed E-state index contributed by atoms with van der Waals surface area (Å²) in [5.41, 5.74) is 0.938. The molecule has 1 saturated heterocycles. The number of carbonyl (C=O) groups is 1. The summed E-state index contributed by atoms with van der Waals surface area (Å²) in [7, 11) is 0. The number of hydrogen-bond donors (Lipinski definition) is 2. The number of aromatic nitrogens is 1. The van der Waals surface area contributed by atoms with Crippen LogP contribution in [0.3, 0.4) is 0 Å². The molecule has 1 amide bonds. The SMILES string of the molecule is O=C(c1ccc[nH]c1=O)N1CCCC(Nc2ccccc2)C1. The van der Waals surface area contributed by atoms with E-state index in [1.54, 1.807) is 17.0 Å². The highest BCUT2D eigenvalue weighted by molar-refractivity contribution is 5.93. The first-order valence-corrected chi connectivity index (χ1v) is 7.52. The minimum Gasteiger partial charge on any atom is -0.381 e. The zero-order valence-corrected chi connectivity index (χ0v) is 12.3. The number of rotatable bonds is 3. The van der Waals surface area contributed by atoms with Gasteiger partial charge < -0.3 is 15.2 Å². The van der Waals surface area contributed by atoms with Crippen molar-refractivity contribution >= 4 is 11.6 Å². The second kappa shape index (κ2) is 6.47. The normalized spacial score (nSPS) is 18.0. The van der Waals surface area contributed by atoms with Gasteiger partial charge in [-0.1, -0.05) is 18.2 Å². The van der Waals surface area contributed by atoms with Crippen LogP contribution in [0.1, 0.15) is 23.2 Å². The van der Waals surface area contributed by atoms with Crippen molar-refractivity contribution in [2.24, 2.45) is 0 Å². The van der Waals surface area contributed by atoms with Gasteiger partial charge in [0.2, 0.25) is 0 Å². The number of likely N-dealkylation sites (tertiary alicyclic amines) is 1. The standard InChI is InChI=1S/C17H19N3O2/c21-16-15(9-4-10-18-16)17(22)20-11-5-8-14(12-20)19-13-6-2-1-3-7-13/h1-4,6-7,9-10,14,19H,5,8,11-12H2,(H,18,21). The molecule has 1 aliphatic rings. The molecule has 1 fully saturated rings. The van der Waals surface area contributed by atoms with Gasteiger partial charge in [-0.25, -0.2) is 0 Å². The Labute approximate surface area is 129 Å². The molecular formula is C17H19N3O2. The molecule has 1 unspecified atom stereocenters. The fraction of sp³-hybridized carbons (Fsp3) is 0.294. The van der Waals surface area contributed by atoms with Crippen LogP contribution < -0.4 is 10.9 Å². The van der Waals surface area contributed by atoms with Crippen molar-refractivity contribution in [2.45, 2.75) is 18.9 Å². The highest BCUT2D eigenvalue weighted by Crippen LogP contribution is 2.17. The Bertz CT molecular complexity index is 696. The number of piperidine rings is 1. The van der Waals surface area contributed by atoms with Crippen LogP contribution in [0.5, 0.6) is 0 Å². The Hall–Kier alpha value is -2.56. The lowest BCUT2D eigenvalue weighted by atomic mass is 10.0. The summed E-state index contributed by atoms with van der Waals surface area (Å²) in [6, 6.07) is 13.4. The van der Waals surface area contributed by atoms with Crippen LogP contribution in [0.15, 0.2) is 53.5 Å². The van der Waals surface area contributed by atoms with Crippen molar-refractivity contribution in [3.8, 4) is 0 Å². The fourth-order valence-corrected chi connectivity index (χ4v) is 2.81. The number of hydrogen-bond acceptors (Lipinski definition) is 3. The number of amides is 1. The molecule has 1 aromatic carbocycles. The quantitative estimate of drug-likeness (QED) is 0.911. The number of para-hydroxylation sites is 1. The third-order valence-electron chi connectivity index (χ3n) is 3.90. The number of benzene rings is 1. The van der Waals surface area contributed by atoms with Gasteiger partial charge in [0.15, 0.2) is 0 Å². The van der Waals surface area contributed by atoms with E-state index in [-0.39, 0.29) is 23.1 Å². The van der Waals surface area contributed by atoms with E-state index >= 15 is 0 Å². The lowest BCUT2D eigenvalue weighted by Crippen LogP contribution is -2.46. The van der Waals surface area contributed by atoms with Crippen LogP contribution in [0, 0.1) is 0 Å². The highest BCUT2D eigenvalue weighted by atomic mass is 16.2. The molecule has 3 rings (SSSR count). The van der Waals surface area contributed by atoms with E-state index in [0.29, 0.717) is 13.1 Å². The zero-order valence-electron chi connectivity index (χ0n) is 12.3. The van der Waals surface area contributed by atoms with E-state index in [1.165, 1.54) is 6.20 Å². The van der Waals surface area contributed by atoms with Crippen LogP contribution in [0.4, 0.5) is 5.69 Å².